The van der Waals surface area contributed by atoms with Crippen LogP contribution in [0, 0.1) is 11.3 Å². The van der Waals surface area contributed by atoms with Gasteiger partial charge in [0.25, 0.3) is 5.91 Å². The average molecular weight is 468 g/mol. The molecule has 2 aromatic heterocycles. The van der Waals surface area contributed by atoms with Gasteiger partial charge in [0.2, 0.25) is 0 Å². The van der Waals surface area contributed by atoms with E-state index in [0.29, 0.717) is 12.1 Å². The lowest BCUT2D eigenvalue weighted by molar-refractivity contribution is -0.143. The lowest BCUT2D eigenvalue weighted by Crippen LogP contribution is -2.31. The van der Waals surface area contributed by atoms with E-state index in [0.717, 1.165) is 6.33 Å². The molecular weight excluding hydrogens is 454 g/mol. The number of halogens is 6. The molecule has 1 aromatic carbocycles. The van der Waals surface area contributed by atoms with Gasteiger partial charge >= 0.3 is 12.4 Å². The van der Waals surface area contributed by atoms with Crippen LogP contribution in [0.5, 0.6) is 0 Å². The van der Waals surface area contributed by atoms with Crippen LogP contribution in [-0.4, -0.2) is 25.7 Å². The number of carbonyl (C=O) groups is 1. The highest BCUT2D eigenvalue weighted by Crippen LogP contribution is 2.36. The van der Waals surface area contributed by atoms with E-state index >= 15 is 0 Å². The fourth-order valence-corrected chi connectivity index (χ4v) is 2.92. The van der Waals surface area contributed by atoms with Crippen molar-refractivity contribution in [3.8, 4) is 11.9 Å². The molecule has 7 nitrogen and oxygen atoms in total. The third-order valence-electron chi connectivity index (χ3n) is 4.54. The van der Waals surface area contributed by atoms with E-state index in [1.165, 1.54) is 23.0 Å². The van der Waals surface area contributed by atoms with Crippen molar-refractivity contribution in [1.29, 1.82) is 5.26 Å². The predicted molar refractivity (Wildman–Crippen MR) is 101 cm³/mol. The molecule has 0 aliphatic heterocycles. The van der Waals surface area contributed by atoms with Gasteiger partial charge in [0.1, 0.15) is 12.4 Å². The highest BCUT2D eigenvalue weighted by atomic mass is 19.4. The maximum Gasteiger partial charge on any atom is 0.416 e. The number of amides is 1. The van der Waals surface area contributed by atoms with Crippen LogP contribution in [0.2, 0.25) is 0 Å². The smallest absolute Gasteiger partial charge is 0.342 e. The number of hydrogen-bond acceptors (Lipinski definition) is 5. The summed E-state index contributed by atoms with van der Waals surface area (Å²) in [5.41, 5.74) is -3.72. The standard InChI is InChI=1S/C20H14F6N6O/c1-2-15(17-29-10-30-32(17)16-4-3-11(8-27)9-28-16)31-18(33)12-5-13(19(21,22)23)7-14(6-12)20(24,25)26/h3-7,9-10,15H,2H2,1H3,(H,31,33)/t15-/m0/s1. The molecule has 0 aliphatic carbocycles. The summed E-state index contributed by atoms with van der Waals surface area (Å²) in [6.07, 6.45) is -7.55. The molecule has 1 N–H and O–H groups in total. The number of aromatic nitrogens is 4. The summed E-state index contributed by atoms with van der Waals surface area (Å²) in [6.45, 7) is 1.63. The lowest BCUT2D eigenvalue weighted by atomic mass is 10.0. The van der Waals surface area contributed by atoms with Gasteiger partial charge in [0.15, 0.2) is 11.6 Å². The molecule has 1 atom stereocenters. The summed E-state index contributed by atoms with van der Waals surface area (Å²) in [4.78, 5) is 20.7. The first-order valence-corrected chi connectivity index (χ1v) is 9.30. The third kappa shape index (κ3) is 5.28. The second kappa shape index (κ2) is 8.89. The molecule has 3 aromatic rings. The zero-order chi connectivity index (χ0) is 24.4. The third-order valence-corrected chi connectivity index (χ3v) is 4.54. The molecule has 0 saturated heterocycles. The molecule has 0 fully saturated rings. The van der Waals surface area contributed by atoms with Crippen LogP contribution in [0.4, 0.5) is 26.3 Å². The maximum atomic E-state index is 13.1. The second-order valence-corrected chi connectivity index (χ2v) is 6.78. The summed E-state index contributed by atoms with van der Waals surface area (Å²) in [7, 11) is 0. The van der Waals surface area contributed by atoms with Crippen molar-refractivity contribution in [1.82, 2.24) is 25.1 Å². The topological polar surface area (TPSA) is 96.5 Å². The zero-order valence-electron chi connectivity index (χ0n) is 16.7. The van der Waals surface area contributed by atoms with Gasteiger partial charge in [-0.3, -0.25) is 4.79 Å². The summed E-state index contributed by atoms with van der Waals surface area (Å²) >= 11 is 0. The molecule has 13 heteroatoms. The largest absolute Gasteiger partial charge is 0.416 e. The normalized spacial score (nSPS) is 12.8. The van der Waals surface area contributed by atoms with Gasteiger partial charge in [0.05, 0.1) is 22.7 Å². The number of hydrogen-bond donors (Lipinski definition) is 1. The Kier molecular flexibility index (Phi) is 6.39. The molecule has 0 unspecified atom stereocenters. The number of rotatable bonds is 5. The number of nitrogens with one attached hydrogen (secondary N) is 1. The van der Waals surface area contributed by atoms with E-state index in [1.807, 2.05) is 6.07 Å². The molecule has 0 bridgehead atoms. The fourth-order valence-electron chi connectivity index (χ4n) is 2.92. The van der Waals surface area contributed by atoms with E-state index in [9.17, 15) is 31.1 Å². The van der Waals surface area contributed by atoms with Gasteiger partial charge in [0, 0.05) is 11.8 Å². The fraction of sp³-hybridized carbons (Fsp3) is 0.250. The Balaban J connectivity index is 1.94. The minimum atomic E-state index is -5.08. The number of alkyl halides is 6. The average Bonchev–Trinajstić information content (AvgIpc) is 3.25. The number of nitrogens with zero attached hydrogens (tertiary/aromatic N) is 5. The van der Waals surface area contributed by atoms with Gasteiger partial charge in [-0.25, -0.2) is 9.97 Å². The number of pyridine rings is 1. The quantitative estimate of drug-likeness (QED) is 0.558. The van der Waals surface area contributed by atoms with E-state index in [1.54, 1.807) is 6.92 Å². The molecule has 0 saturated carbocycles. The minimum Gasteiger partial charge on any atom is -0.342 e. The van der Waals surface area contributed by atoms with Gasteiger partial charge in [-0.05, 0) is 36.8 Å². The second-order valence-electron chi connectivity index (χ2n) is 6.78. The summed E-state index contributed by atoms with van der Waals surface area (Å²) in [5.74, 6) is -0.764. The summed E-state index contributed by atoms with van der Waals surface area (Å²) in [5, 5.41) is 15.3. The van der Waals surface area contributed by atoms with Crippen LogP contribution in [0.3, 0.4) is 0 Å². The molecule has 33 heavy (non-hydrogen) atoms. The maximum absolute atomic E-state index is 13.1. The monoisotopic (exact) mass is 468 g/mol. The first-order valence-electron chi connectivity index (χ1n) is 9.30. The van der Waals surface area contributed by atoms with Crippen molar-refractivity contribution in [3.05, 3.63) is 70.9 Å². The summed E-state index contributed by atoms with van der Waals surface area (Å²) < 4.78 is 79.8. The van der Waals surface area contributed by atoms with Crippen LogP contribution < -0.4 is 5.32 Å². The van der Waals surface area contributed by atoms with E-state index in [4.69, 9.17) is 5.26 Å². The van der Waals surface area contributed by atoms with Gasteiger partial charge in [-0.2, -0.15) is 41.4 Å². The molecular formula is C20H14F6N6O. The van der Waals surface area contributed by atoms with Crippen LogP contribution in [0.15, 0.2) is 42.9 Å². The van der Waals surface area contributed by atoms with Crippen molar-refractivity contribution in [2.75, 3.05) is 0 Å². The van der Waals surface area contributed by atoms with Crippen LogP contribution in [-0.2, 0) is 12.4 Å². The minimum absolute atomic E-state index is 0.0543. The van der Waals surface area contributed by atoms with E-state index < -0.39 is 41.0 Å². The number of nitriles is 1. The lowest BCUT2D eigenvalue weighted by Gasteiger charge is -2.18. The molecule has 0 radical (unpaired) electrons. The Morgan fingerprint density at radius 1 is 1.09 bits per heavy atom. The van der Waals surface area contributed by atoms with Crippen molar-refractivity contribution >= 4 is 5.91 Å². The van der Waals surface area contributed by atoms with Crippen molar-refractivity contribution in [3.63, 3.8) is 0 Å². The van der Waals surface area contributed by atoms with Crippen LogP contribution >= 0.6 is 0 Å². The summed E-state index contributed by atoms with van der Waals surface area (Å²) in [6, 6.07) is 4.56. The van der Waals surface area contributed by atoms with Crippen molar-refractivity contribution < 1.29 is 31.1 Å². The van der Waals surface area contributed by atoms with Crippen LogP contribution in [0.1, 0.15) is 52.3 Å². The Morgan fingerprint density at radius 2 is 1.73 bits per heavy atom. The van der Waals surface area contributed by atoms with Crippen molar-refractivity contribution in [2.24, 2.45) is 0 Å². The van der Waals surface area contributed by atoms with Gasteiger partial charge in [-0.1, -0.05) is 6.92 Å². The molecule has 0 aliphatic rings. The Labute approximate surface area is 182 Å². The van der Waals surface area contributed by atoms with Crippen molar-refractivity contribution in [2.45, 2.75) is 31.7 Å². The highest BCUT2D eigenvalue weighted by molar-refractivity contribution is 5.95. The molecule has 2 heterocycles. The molecule has 1 amide bonds. The SMILES string of the molecule is CC[C@H](NC(=O)c1cc(C(F)(F)F)cc(C(F)(F)F)c1)c1ncnn1-c1ccc(C#N)cn1. The van der Waals surface area contributed by atoms with Crippen LogP contribution in [0.25, 0.3) is 5.82 Å². The molecule has 0 spiro atoms. The number of carbonyl (C=O) groups excluding carboxylic acids is 1. The van der Waals surface area contributed by atoms with E-state index in [-0.39, 0.29) is 29.7 Å². The Morgan fingerprint density at radius 3 is 2.21 bits per heavy atom. The van der Waals surface area contributed by atoms with E-state index in [2.05, 4.69) is 20.4 Å². The first kappa shape index (κ1) is 23.7. The Hall–Kier alpha value is -3.95. The van der Waals surface area contributed by atoms with Gasteiger partial charge in [-0.15, -0.1) is 0 Å². The Bertz CT molecular complexity index is 1160. The highest BCUT2D eigenvalue weighted by Gasteiger charge is 2.37. The zero-order valence-corrected chi connectivity index (χ0v) is 16.7. The first-order chi connectivity index (χ1) is 15.4. The predicted octanol–water partition coefficient (Wildman–Crippen LogP) is 4.45. The van der Waals surface area contributed by atoms with Gasteiger partial charge < -0.3 is 5.32 Å². The number of benzene rings is 1. The molecule has 172 valence electrons. The molecule has 3 rings (SSSR count).